The highest BCUT2D eigenvalue weighted by Crippen LogP contribution is 2.36. The lowest BCUT2D eigenvalue weighted by Gasteiger charge is -2.18. The molecule has 0 bridgehead atoms. The van der Waals surface area contributed by atoms with Crippen LogP contribution in [0, 0.1) is 5.82 Å². The number of likely N-dealkylation sites (N-methyl/N-ethyl adjacent to an activating group) is 1. The highest BCUT2D eigenvalue weighted by atomic mass is 19.4. The minimum atomic E-state index is -4.88. The number of carbonyl (C=O) groups excluding carboxylic acids is 3. The van der Waals surface area contributed by atoms with Crippen LogP contribution in [0.25, 0.3) is 0 Å². The molecule has 0 fully saturated rings. The summed E-state index contributed by atoms with van der Waals surface area (Å²) in [6.07, 6.45) is -3.61. The molecule has 33 heavy (non-hydrogen) atoms. The van der Waals surface area contributed by atoms with E-state index in [1.165, 1.54) is 43.6 Å². The van der Waals surface area contributed by atoms with Gasteiger partial charge in [0.15, 0.2) is 5.76 Å². The molecule has 0 aliphatic heterocycles. The van der Waals surface area contributed by atoms with Gasteiger partial charge in [-0.15, -0.1) is 0 Å². The third kappa shape index (κ3) is 5.76. The zero-order valence-electron chi connectivity index (χ0n) is 17.1. The molecular weight excluding hydrogens is 446 g/mol. The molecule has 0 saturated carbocycles. The molecule has 2 aromatic carbocycles. The second-order valence-electron chi connectivity index (χ2n) is 6.88. The quantitative estimate of drug-likeness (QED) is 0.530. The molecule has 172 valence electrons. The van der Waals surface area contributed by atoms with Crippen molar-refractivity contribution in [2.45, 2.75) is 6.18 Å². The van der Waals surface area contributed by atoms with Gasteiger partial charge in [-0.25, -0.2) is 4.39 Å². The number of rotatable bonds is 6. The van der Waals surface area contributed by atoms with E-state index in [0.29, 0.717) is 6.07 Å². The van der Waals surface area contributed by atoms with Crippen molar-refractivity contribution in [3.8, 4) is 0 Å². The number of benzene rings is 2. The Balaban J connectivity index is 1.75. The number of halogens is 4. The lowest BCUT2D eigenvalue weighted by Crippen LogP contribution is -2.35. The van der Waals surface area contributed by atoms with Crippen LogP contribution in [0.3, 0.4) is 0 Å². The van der Waals surface area contributed by atoms with Gasteiger partial charge in [-0.05, 0) is 42.5 Å². The number of hydrogen-bond acceptors (Lipinski definition) is 4. The lowest BCUT2D eigenvalue weighted by atomic mass is 10.1. The Morgan fingerprint density at radius 3 is 2.36 bits per heavy atom. The maximum Gasteiger partial charge on any atom is 0.418 e. The zero-order valence-corrected chi connectivity index (χ0v) is 17.1. The van der Waals surface area contributed by atoms with Crippen molar-refractivity contribution in [2.24, 2.45) is 0 Å². The number of amides is 3. The smallest absolute Gasteiger partial charge is 0.418 e. The monoisotopic (exact) mass is 463 g/mol. The van der Waals surface area contributed by atoms with E-state index in [-0.39, 0.29) is 17.0 Å². The van der Waals surface area contributed by atoms with Crippen molar-refractivity contribution in [1.82, 2.24) is 4.90 Å². The number of hydrogen-bond donors (Lipinski definition) is 2. The molecule has 11 heteroatoms. The molecule has 3 rings (SSSR count). The molecule has 0 aliphatic carbocycles. The van der Waals surface area contributed by atoms with Gasteiger partial charge in [0.2, 0.25) is 5.91 Å². The van der Waals surface area contributed by atoms with Crippen molar-refractivity contribution < 1.29 is 36.4 Å². The summed E-state index contributed by atoms with van der Waals surface area (Å²) in [6, 6.07) is 10.6. The summed E-state index contributed by atoms with van der Waals surface area (Å²) in [6.45, 7) is -0.539. The number of nitrogens with zero attached hydrogens (tertiary/aromatic N) is 1. The first-order valence-electron chi connectivity index (χ1n) is 9.42. The Morgan fingerprint density at radius 2 is 1.73 bits per heavy atom. The van der Waals surface area contributed by atoms with Crippen molar-refractivity contribution in [2.75, 3.05) is 24.2 Å². The number of nitrogens with one attached hydrogen (secondary N) is 2. The van der Waals surface area contributed by atoms with Crippen molar-refractivity contribution in [3.05, 3.63) is 83.6 Å². The fraction of sp³-hybridized carbons (Fsp3) is 0.136. The highest BCUT2D eigenvalue weighted by Gasteiger charge is 2.34. The summed E-state index contributed by atoms with van der Waals surface area (Å²) in [7, 11) is 1.29. The first-order valence-corrected chi connectivity index (χ1v) is 9.42. The standard InChI is InChI=1S/C22H17F4N3O4/c1-29(21(32)18-7-4-10-33-18)12-19(30)28-17-9-8-13(11-15(17)22(24,25)26)27-20(31)14-5-2-3-6-16(14)23/h2-11H,12H2,1H3,(H,27,31)(H,28,30). The van der Waals surface area contributed by atoms with Crippen LogP contribution in [0.4, 0.5) is 28.9 Å². The number of furan rings is 1. The maximum atomic E-state index is 13.7. The van der Waals surface area contributed by atoms with Gasteiger partial charge in [-0.3, -0.25) is 14.4 Å². The van der Waals surface area contributed by atoms with Gasteiger partial charge in [0.25, 0.3) is 11.8 Å². The second-order valence-corrected chi connectivity index (χ2v) is 6.88. The topological polar surface area (TPSA) is 91.7 Å². The fourth-order valence-electron chi connectivity index (χ4n) is 2.87. The Morgan fingerprint density at radius 1 is 1.00 bits per heavy atom. The van der Waals surface area contributed by atoms with E-state index in [1.54, 1.807) is 0 Å². The molecule has 3 aromatic rings. The van der Waals surface area contributed by atoms with Crippen LogP contribution in [0.15, 0.2) is 65.3 Å². The van der Waals surface area contributed by atoms with E-state index in [1.807, 2.05) is 0 Å². The van der Waals surface area contributed by atoms with Gasteiger partial charge in [-0.2, -0.15) is 13.2 Å². The number of anilines is 2. The summed E-state index contributed by atoms with van der Waals surface area (Å²) in [5.41, 5.74) is -2.40. The van der Waals surface area contributed by atoms with Crippen LogP contribution in [0.1, 0.15) is 26.5 Å². The molecule has 0 radical (unpaired) electrons. The van der Waals surface area contributed by atoms with Gasteiger partial charge in [0.1, 0.15) is 5.82 Å². The average molecular weight is 463 g/mol. The van der Waals surface area contributed by atoms with Gasteiger partial charge in [0.05, 0.1) is 29.6 Å². The molecular formula is C22H17F4N3O4. The molecule has 0 aliphatic rings. The van der Waals surface area contributed by atoms with Gasteiger partial charge in [-0.1, -0.05) is 12.1 Å². The first kappa shape index (κ1) is 23.5. The first-order chi connectivity index (χ1) is 15.6. The van der Waals surface area contributed by atoms with E-state index in [9.17, 15) is 31.9 Å². The van der Waals surface area contributed by atoms with Gasteiger partial charge < -0.3 is 20.0 Å². The van der Waals surface area contributed by atoms with Crippen LogP contribution in [0.5, 0.6) is 0 Å². The summed E-state index contributed by atoms with van der Waals surface area (Å²) in [5, 5.41) is 4.31. The Bertz CT molecular complexity index is 1180. The van der Waals surface area contributed by atoms with E-state index in [2.05, 4.69) is 10.6 Å². The van der Waals surface area contributed by atoms with E-state index in [0.717, 1.165) is 23.1 Å². The summed E-state index contributed by atoms with van der Waals surface area (Å²) in [5.74, 6) is -3.31. The van der Waals surface area contributed by atoms with E-state index >= 15 is 0 Å². The summed E-state index contributed by atoms with van der Waals surface area (Å²) in [4.78, 5) is 37.5. The van der Waals surface area contributed by atoms with Gasteiger partial charge >= 0.3 is 6.18 Å². The van der Waals surface area contributed by atoms with E-state index in [4.69, 9.17) is 4.42 Å². The highest BCUT2D eigenvalue weighted by molar-refractivity contribution is 6.05. The summed E-state index contributed by atoms with van der Waals surface area (Å²) < 4.78 is 59.4. The van der Waals surface area contributed by atoms with E-state index < -0.39 is 47.5 Å². The molecule has 0 saturated heterocycles. The van der Waals surface area contributed by atoms with Crippen LogP contribution >= 0.6 is 0 Å². The van der Waals surface area contributed by atoms with Crippen LogP contribution in [-0.2, 0) is 11.0 Å². The largest absolute Gasteiger partial charge is 0.459 e. The zero-order chi connectivity index (χ0) is 24.2. The molecule has 0 unspecified atom stereocenters. The van der Waals surface area contributed by atoms with Crippen molar-refractivity contribution in [1.29, 1.82) is 0 Å². The van der Waals surface area contributed by atoms with Crippen molar-refractivity contribution >= 4 is 29.1 Å². The van der Waals surface area contributed by atoms with Crippen molar-refractivity contribution in [3.63, 3.8) is 0 Å². The minimum absolute atomic E-state index is 0.0313. The number of carbonyl (C=O) groups is 3. The van der Waals surface area contributed by atoms with Crippen LogP contribution < -0.4 is 10.6 Å². The molecule has 0 spiro atoms. The van der Waals surface area contributed by atoms with Gasteiger partial charge in [0, 0.05) is 12.7 Å². The maximum absolute atomic E-state index is 13.7. The lowest BCUT2D eigenvalue weighted by molar-refractivity contribution is -0.136. The second kappa shape index (κ2) is 9.55. The Labute approximate surface area is 185 Å². The predicted molar refractivity (Wildman–Crippen MR) is 110 cm³/mol. The molecule has 2 N–H and O–H groups in total. The average Bonchev–Trinajstić information content (AvgIpc) is 3.28. The molecule has 3 amide bonds. The minimum Gasteiger partial charge on any atom is -0.459 e. The Hall–Kier alpha value is -4.15. The predicted octanol–water partition coefficient (Wildman–Crippen LogP) is 4.40. The normalized spacial score (nSPS) is 11.1. The Kier molecular flexibility index (Phi) is 6.80. The molecule has 1 heterocycles. The third-order valence-electron chi connectivity index (χ3n) is 4.43. The fourth-order valence-corrected chi connectivity index (χ4v) is 2.87. The molecule has 7 nitrogen and oxygen atoms in total. The summed E-state index contributed by atoms with van der Waals surface area (Å²) >= 11 is 0. The van der Waals surface area contributed by atoms with Crippen LogP contribution in [0.2, 0.25) is 0 Å². The third-order valence-corrected chi connectivity index (χ3v) is 4.43. The number of alkyl halides is 3. The molecule has 0 atom stereocenters. The SMILES string of the molecule is CN(CC(=O)Nc1ccc(NC(=O)c2ccccc2F)cc1C(F)(F)F)C(=O)c1ccco1. The molecule has 1 aromatic heterocycles. The van der Waals surface area contributed by atoms with Crippen LogP contribution in [-0.4, -0.2) is 36.2 Å².